The van der Waals surface area contributed by atoms with Crippen LogP contribution in [0.4, 0.5) is 11.6 Å². The van der Waals surface area contributed by atoms with E-state index < -0.39 is 4.92 Å². The number of halogens is 1. The predicted molar refractivity (Wildman–Crippen MR) is 66.7 cm³/mol. The first kappa shape index (κ1) is 12.4. The van der Waals surface area contributed by atoms with E-state index >= 15 is 0 Å². The zero-order chi connectivity index (χ0) is 13.1. The normalized spacial score (nSPS) is 10.3. The maximum absolute atomic E-state index is 10.4. The summed E-state index contributed by atoms with van der Waals surface area (Å²) in [5, 5.41) is 13.8. The highest BCUT2D eigenvalue weighted by Crippen LogP contribution is 2.22. The lowest BCUT2D eigenvalue weighted by molar-refractivity contribution is -0.402. The fraction of sp³-hybridized carbons (Fsp3) is 0.182. The number of hydrogen-bond donors (Lipinski definition) is 1. The van der Waals surface area contributed by atoms with Gasteiger partial charge in [0.05, 0.1) is 18.3 Å². The van der Waals surface area contributed by atoms with Crippen molar-refractivity contribution in [3.63, 3.8) is 0 Å². The second-order valence-electron chi connectivity index (χ2n) is 3.70. The average molecular weight is 268 g/mol. The molecule has 6 nitrogen and oxygen atoms in total. The molecule has 0 saturated carbocycles. The molecule has 94 valence electrons. The van der Waals surface area contributed by atoms with Crippen molar-refractivity contribution >= 4 is 23.2 Å². The van der Waals surface area contributed by atoms with E-state index in [0.29, 0.717) is 23.1 Å². The van der Waals surface area contributed by atoms with Crippen molar-refractivity contribution in [3.8, 4) is 0 Å². The monoisotopic (exact) mass is 267 g/mol. The van der Waals surface area contributed by atoms with Crippen molar-refractivity contribution in [1.82, 2.24) is 4.98 Å². The molecule has 2 rings (SSSR count). The van der Waals surface area contributed by atoms with E-state index in [0.717, 1.165) is 5.56 Å². The molecule has 0 aliphatic carbocycles. The third-order valence-corrected chi connectivity index (χ3v) is 2.56. The summed E-state index contributed by atoms with van der Waals surface area (Å²) >= 11 is 5.91. The summed E-state index contributed by atoms with van der Waals surface area (Å²) in [5.41, 5.74) is 1.63. The standard InChI is InChI=1S/C11H10ClN3O3/c1-7-4-9(11(12)14-5-7)13-6-8-2-3-10(18-8)15(16)17/h2-5,13H,6H2,1H3. The van der Waals surface area contributed by atoms with Crippen LogP contribution in [0.1, 0.15) is 11.3 Å². The number of rotatable bonds is 4. The topological polar surface area (TPSA) is 81.2 Å². The molecule has 0 aliphatic heterocycles. The molecule has 2 aromatic rings. The Morgan fingerprint density at radius 3 is 3.00 bits per heavy atom. The zero-order valence-corrected chi connectivity index (χ0v) is 10.3. The average Bonchev–Trinajstić information content (AvgIpc) is 2.79. The summed E-state index contributed by atoms with van der Waals surface area (Å²) in [6.45, 7) is 2.20. The number of nitrogens with one attached hydrogen (secondary N) is 1. The van der Waals surface area contributed by atoms with E-state index in [1.807, 2.05) is 13.0 Å². The van der Waals surface area contributed by atoms with Gasteiger partial charge < -0.3 is 9.73 Å². The number of aromatic nitrogens is 1. The minimum atomic E-state index is -0.579. The number of anilines is 1. The number of furan rings is 1. The van der Waals surface area contributed by atoms with Gasteiger partial charge in [0.25, 0.3) is 0 Å². The van der Waals surface area contributed by atoms with Gasteiger partial charge in [-0.15, -0.1) is 0 Å². The van der Waals surface area contributed by atoms with Gasteiger partial charge in [-0.05, 0) is 24.6 Å². The van der Waals surface area contributed by atoms with Crippen molar-refractivity contribution in [1.29, 1.82) is 0 Å². The van der Waals surface area contributed by atoms with Crippen LogP contribution in [0.25, 0.3) is 0 Å². The highest BCUT2D eigenvalue weighted by Gasteiger charge is 2.11. The van der Waals surface area contributed by atoms with Crippen LogP contribution in [0.2, 0.25) is 5.15 Å². The largest absolute Gasteiger partial charge is 0.433 e. The summed E-state index contributed by atoms with van der Waals surface area (Å²) in [6, 6.07) is 4.70. The number of nitrogens with zero attached hydrogens (tertiary/aromatic N) is 2. The lowest BCUT2D eigenvalue weighted by Crippen LogP contribution is -2.00. The summed E-state index contributed by atoms with van der Waals surface area (Å²) in [5.74, 6) is 0.180. The molecular weight excluding hydrogens is 258 g/mol. The third-order valence-electron chi connectivity index (χ3n) is 2.26. The first-order valence-electron chi connectivity index (χ1n) is 5.15. The van der Waals surface area contributed by atoms with Crippen LogP contribution in [-0.2, 0) is 6.54 Å². The molecule has 1 N–H and O–H groups in total. The third kappa shape index (κ3) is 2.78. The predicted octanol–water partition coefficient (Wildman–Crippen LogP) is 3.16. The molecule has 0 radical (unpaired) electrons. The van der Waals surface area contributed by atoms with Gasteiger partial charge in [-0.25, -0.2) is 4.98 Å². The van der Waals surface area contributed by atoms with Crippen LogP contribution in [0.3, 0.4) is 0 Å². The van der Waals surface area contributed by atoms with Crippen LogP contribution in [0.15, 0.2) is 28.8 Å². The molecule has 18 heavy (non-hydrogen) atoms. The van der Waals surface area contributed by atoms with Crippen LogP contribution in [0.5, 0.6) is 0 Å². The molecule has 0 aromatic carbocycles. The zero-order valence-electron chi connectivity index (χ0n) is 9.51. The SMILES string of the molecule is Cc1cnc(Cl)c(NCc2ccc([N+](=O)[O-])o2)c1. The molecule has 0 fully saturated rings. The Labute approximate surface area is 108 Å². The molecule has 0 aliphatic rings. The van der Waals surface area contributed by atoms with Crippen molar-refractivity contribution in [2.45, 2.75) is 13.5 Å². The van der Waals surface area contributed by atoms with Gasteiger partial charge >= 0.3 is 5.88 Å². The quantitative estimate of drug-likeness (QED) is 0.523. The molecular formula is C11H10ClN3O3. The van der Waals surface area contributed by atoms with E-state index in [1.165, 1.54) is 6.07 Å². The van der Waals surface area contributed by atoms with E-state index in [1.54, 1.807) is 12.3 Å². The fourth-order valence-electron chi connectivity index (χ4n) is 1.42. The summed E-state index contributed by atoms with van der Waals surface area (Å²) in [6.07, 6.45) is 1.66. The van der Waals surface area contributed by atoms with Crippen molar-refractivity contribution < 1.29 is 9.34 Å². The van der Waals surface area contributed by atoms with Gasteiger partial charge in [0.2, 0.25) is 0 Å². The molecule has 0 atom stereocenters. The van der Waals surface area contributed by atoms with E-state index in [-0.39, 0.29) is 5.88 Å². The minimum Gasteiger partial charge on any atom is -0.404 e. The van der Waals surface area contributed by atoms with Crippen molar-refractivity contribution in [2.24, 2.45) is 0 Å². The Hall–Kier alpha value is -2.08. The van der Waals surface area contributed by atoms with E-state index in [9.17, 15) is 10.1 Å². The van der Waals surface area contributed by atoms with Crippen LogP contribution in [0, 0.1) is 17.0 Å². The molecule has 2 aromatic heterocycles. The molecule has 0 bridgehead atoms. The first-order valence-corrected chi connectivity index (χ1v) is 5.53. The Balaban J connectivity index is 2.06. The van der Waals surface area contributed by atoms with Gasteiger partial charge in [0.15, 0.2) is 5.15 Å². The van der Waals surface area contributed by atoms with E-state index in [2.05, 4.69) is 10.3 Å². The summed E-state index contributed by atoms with van der Waals surface area (Å²) in [7, 11) is 0. The molecule has 0 unspecified atom stereocenters. The van der Waals surface area contributed by atoms with Gasteiger partial charge in [0, 0.05) is 6.20 Å². The van der Waals surface area contributed by atoms with E-state index in [4.69, 9.17) is 16.0 Å². The second kappa shape index (κ2) is 5.05. The maximum atomic E-state index is 10.4. The lowest BCUT2D eigenvalue weighted by atomic mass is 10.3. The highest BCUT2D eigenvalue weighted by atomic mass is 35.5. The van der Waals surface area contributed by atoms with Gasteiger partial charge in [-0.2, -0.15) is 0 Å². The molecule has 7 heteroatoms. The fourth-order valence-corrected chi connectivity index (χ4v) is 1.59. The summed E-state index contributed by atoms with van der Waals surface area (Å²) < 4.78 is 5.01. The maximum Gasteiger partial charge on any atom is 0.433 e. The van der Waals surface area contributed by atoms with Crippen molar-refractivity contribution in [2.75, 3.05) is 5.32 Å². The lowest BCUT2D eigenvalue weighted by Gasteiger charge is -2.06. The van der Waals surface area contributed by atoms with Crippen molar-refractivity contribution in [3.05, 3.63) is 51.0 Å². The number of pyridine rings is 1. The molecule has 0 amide bonds. The van der Waals surface area contributed by atoms with Gasteiger partial charge in [-0.3, -0.25) is 10.1 Å². The van der Waals surface area contributed by atoms with Gasteiger partial charge in [0.1, 0.15) is 10.7 Å². The Bertz CT molecular complexity index is 583. The Morgan fingerprint density at radius 1 is 1.56 bits per heavy atom. The van der Waals surface area contributed by atoms with Crippen LogP contribution >= 0.6 is 11.6 Å². The Morgan fingerprint density at radius 2 is 2.33 bits per heavy atom. The minimum absolute atomic E-state index is 0.278. The smallest absolute Gasteiger partial charge is 0.404 e. The molecule has 2 heterocycles. The highest BCUT2D eigenvalue weighted by molar-refractivity contribution is 6.31. The van der Waals surface area contributed by atoms with Gasteiger partial charge in [-0.1, -0.05) is 11.6 Å². The van der Waals surface area contributed by atoms with Crippen LogP contribution < -0.4 is 5.32 Å². The first-order chi connectivity index (χ1) is 8.56. The second-order valence-corrected chi connectivity index (χ2v) is 4.06. The molecule has 0 saturated heterocycles. The number of hydrogen-bond acceptors (Lipinski definition) is 5. The summed E-state index contributed by atoms with van der Waals surface area (Å²) in [4.78, 5) is 13.9. The number of aryl methyl sites for hydroxylation is 1. The Kier molecular flexibility index (Phi) is 3.47. The molecule has 0 spiro atoms. The van der Waals surface area contributed by atoms with Crippen LogP contribution in [-0.4, -0.2) is 9.91 Å². The number of nitro groups is 1.